The van der Waals surface area contributed by atoms with Crippen molar-refractivity contribution in [2.45, 2.75) is 18.6 Å². The zero-order valence-electron chi connectivity index (χ0n) is 8.07. The first kappa shape index (κ1) is 10.9. The molecule has 0 N–H and O–H groups in total. The molecule has 0 spiro atoms. The zero-order valence-corrected chi connectivity index (χ0v) is 8.88. The summed E-state index contributed by atoms with van der Waals surface area (Å²) in [6.45, 7) is 1.54. The monoisotopic (exact) mass is 204 g/mol. The van der Waals surface area contributed by atoms with Crippen molar-refractivity contribution in [1.82, 2.24) is 0 Å². The summed E-state index contributed by atoms with van der Waals surface area (Å²) in [6.07, 6.45) is 6.10. The SMILES string of the molecule is C#CC(Cc1ccccc1)SC(C)=O. The lowest BCUT2D eigenvalue weighted by Gasteiger charge is -2.07. The summed E-state index contributed by atoms with van der Waals surface area (Å²) < 4.78 is 0. The molecule has 0 aliphatic heterocycles. The van der Waals surface area contributed by atoms with Crippen LogP contribution in [-0.2, 0) is 11.2 Å². The third kappa shape index (κ3) is 3.68. The maximum Gasteiger partial charge on any atom is 0.187 e. The summed E-state index contributed by atoms with van der Waals surface area (Å²) in [4.78, 5) is 10.9. The van der Waals surface area contributed by atoms with Gasteiger partial charge in [0.1, 0.15) is 0 Å². The Morgan fingerprint density at radius 2 is 2.14 bits per heavy atom. The predicted molar refractivity (Wildman–Crippen MR) is 61.0 cm³/mol. The molecule has 0 saturated carbocycles. The zero-order chi connectivity index (χ0) is 10.4. The van der Waals surface area contributed by atoms with Crippen LogP contribution in [0.25, 0.3) is 0 Å². The predicted octanol–water partition coefficient (Wildman–Crippen LogP) is 2.51. The molecular formula is C12H12OS. The number of carbonyl (C=O) groups is 1. The number of hydrogen-bond donors (Lipinski definition) is 0. The maximum atomic E-state index is 10.9. The number of hydrogen-bond acceptors (Lipinski definition) is 2. The van der Waals surface area contributed by atoms with Gasteiger partial charge in [0.2, 0.25) is 0 Å². The molecule has 0 heterocycles. The third-order valence-corrected chi connectivity index (χ3v) is 2.68. The van der Waals surface area contributed by atoms with E-state index in [1.165, 1.54) is 17.3 Å². The Balaban J connectivity index is 2.58. The van der Waals surface area contributed by atoms with Crippen LogP contribution in [0.2, 0.25) is 0 Å². The summed E-state index contributed by atoms with van der Waals surface area (Å²) in [5.41, 5.74) is 1.17. The average Bonchev–Trinajstić information content (AvgIpc) is 2.17. The third-order valence-electron chi connectivity index (χ3n) is 1.76. The van der Waals surface area contributed by atoms with Crippen molar-refractivity contribution in [3.8, 4) is 12.3 Å². The highest BCUT2D eigenvalue weighted by molar-refractivity contribution is 8.14. The molecule has 0 bridgehead atoms. The fourth-order valence-corrected chi connectivity index (χ4v) is 1.91. The topological polar surface area (TPSA) is 17.1 Å². The molecule has 0 aliphatic rings. The van der Waals surface area contributed by atoms with Crippen LogP contribution in [0.5, 0.6) is 0 Å². The molecule has 14 heavy (non-hydrogen) atoms. The highest BCUT2D eigenvalue weighted by atomic mass is 32.2. The lowest BCUT2D eigenvalue weighted by Crippen LogP contribution is -2.06. The Bertz CT molecular complexity index is 337. The molecule has 1 aromatic carbocycles. The van der Waals surface area contributed by atoms with E-state index in [9.17, 15) is 4.79 Å². The van der Waals surface area contributed by atoms with Crippen LogP contribution in [0.15, 0.2) is 30.3 Å². The molecule has 0 radical (unpaired) electrons. The van der Waals surface area contributed by atoms with Crippen molar-refractivity contribution in [3.05, 3.63) is 35.9 Å². The summed E-state index contributed by atoms with van der Waals surface area (Å²) in [7, 11) is 0. The molecule has 1 atom stereocenters. The fourth-order valence-electron chi connectivity index (χ4n) is 1.16. The van der Waals surface area contributed by atoms with E-state index < -0.39 is 0 Å². The molecule has 2 heteroatoms. The van der Waals surface area contributed by atoms with Crippen LogP contribution in [0.3, 0.4) is 0 Å². The van der Waals surface area contributed by atoms with E-state index in [1.54, 1.807) is 6.92 Å². The lowest BCUT2D eigenvalue weighted by molar-refractivity contribution is -0.109. The van der Waals surface area contributed by atoms with Crippen LogP contribution in [-0.4, -0.2) is 10.4 Å². The quantitative estimate of drug-likeness (QED) is 0.704. The van der Waals surface area contributed by atoms with Crippen molar-refractivity contribution >= 4 is 16.9 Å². The maximum absolute atomic E-state index is 10.9. The Hall–Kier alpha value is -1.20. The molecule has 1 unspecified atom stereocenters. The first-order valence-electron chi connectivity index (χ1n) is 4.39. The van der Waals surface area contributed by atoms with E-state index >= 15 is 0 Å². The van der Waals surface area contributed by atoms with Crippen LogP contribution in [0, 0.1) is 12.3 Å². The van der Waals surface area contributed by atoms with Crippen molar-refractivity contribution in [1.29, 1.82) is 0 Å². The molecule has 0 saturated heterocycles. The second kappa shape index (κ2) is 5.51. The molecule has 0 aromatic heterocycles. The van der Waals surface area contributed by atoms with Gasteiger partial charge in [-0.05, 0) is 12.0 Å². The summed E-state index contributed by atoms with van der Waals surface area (Å²) >= 11 is 1.22. The van der Waals surface area contributed by atoms with Gasteiger partial charge in [0.05, 0.1) is 5.25 Å². The molecule has 72 valence electrons. The Kier molecular flexibility index (Phi) is 4.28. The van der Waals surface area contributed by atoms with Gasteiger partial charge in [-0.3, -0.25) is 4.79 Å². The highest BCUT2D eigenvalue weighted by Gasteiger charge is 2.09. The van der Waals surface area contributed by atoms with Crippen LogP contribution < -0.4 is 0 Å². The summed E-state index contributed by atoms with van der Waals surface area (Å²) in [6, 6.07) is 9.95. The van der Waals surface area contributed by atoms with Gasteiger partial charge in [0.15, 0.2) is 5.12 Å². The van der Waals surface area contributed by atoms with E-state index in [0.29, 0.717) is 0 Å². The molecule has 1 nitrogen and oxygen atoms in total. The van der Waals surface area contributed by atoms with E-state index in [1.807, 2.05) is 30.3 Å². The Morgan fingerprint density at radius 1 is 1.50 bits per heavy atom. The molecule has 0 amide bonds. The van der Waals surface area contributed by atoms with Gasteiger partial charge in [0, 0.05) is 6.92 Å². The van der Waals surface area contributed by atoms with Gasteiger partial charge < -0.3 is 0 Å². The van der Waals surface area contributed by atoms with Gasteiger partial charge in [-0.15, -0.1) is 6.42 Å². The molecule has 1 aromatic rings. The Morgan fingerprint density at radius 3 is 2.64 bits per heavy atom. The van der Waals surface area contributed by atoms with Gasteiger partial charge in [-0.1, -0.05) is 48.0 Å². The number of rotatable bonds is 3. The van der Waals surface area contributed by atoms with E-state index in [-0.39, 0.29) is 10.4 Å². The largest absolute Gasteiger partial charge is 0.288 e. The summed E-state index contributed by atoms with van der Waals surface area (Å²) in [5, 5.41) is 0.0266. The first-order chi connectivity index (χ1) is 6.72. The van der Waals surface area contributed by atoms with Gasteiger partial charge in [-0.25, -0.2) is 0 Å². The van der Waals surface area contributed by atoms with Crippen LogP contribution >= 0.6 is 11.8 Å². The first-order valence-corrected chi connectivity index (χ1v) is 5.27. The smallest absolute Gasteiger partial charge is 0.187 e. The van der Waals surface area contributed by atoms with Gasteiger partial charge in [-0.2, -0.15) is 0 Å². The van der Waals surface area contributed by atoms with E-state index in [0.717, 1.165) is 6.42 Å². The standard InChI is InChI=1S/C12H12OS/c1-3-12(14-10(2)13)9-11-7-5-4-6-8-11/h1,4-8,12H,9H2,2H3. The number of terminal acetylenes is 1. The van der Waals surface area contributed by atoms with Crippen molar-refractivity contribution in [2.75, 3.05) is 0 Å². The van der Waals surface area contributed by atoms with Crippen LogP contribution in [0.1, 0.15) is 12.5 Å². The van der Waals surface area contributed by atoms with E-state index in [4.69, 9.17) is 6.42 Å². The number of thioether (sulfide) groups is 1. The minimum atomic E-state index is -0.0464. The molecule has 0 aliphatic carbocycles. The number of benzene rings is 1. The second-order valence-electron chi connectivity index (χ2n) is 2.95. The fraction of sp³-hybridized carbons (Fsp3) is 0.250. The second-order valence-corrected chi connectivity index (χ2v) is 4.33. The minimum Gasteiger partial charge on any atom is -0.288 e. The van der Waals surface area contributed by atoms with Crippen molar-refractivity contribution in [2.24, 2.45) is 0 Å². The van der Waals surface area contributed by atoms with E-state index in [2.05, 4.69) is 5.92 Å². The summed E-state index contributed by atoms with van der Waals surface area (Å²) in [5.74, 6) is 2.62. The lowest BCUT2D eigenvalue weighted by atomic mass is 10.1. The molecule has 0 fully saturated rings. The molecule has 1 rings (SSSR count). The minimum absolute atomic E-state index is 0.0464. The van der Waals surface area contributed by atoms with Crippen molar-refractivity contribution in [3.63, 3.8) is 0 Å². The highest BCUT2D eigenvalue weighted by Crippen LogP contribution is 2.16. The van der Waals surface area contributed by atoms with Gasteiger partial charge >= 0.3 is 0 Å². The van der Waals surface area contributed by atoms with Gasteiger partial charge in [0.25, 0.3) is 0 Å². The molecular weight excluding hydrogens is 192 g/mol. The van der Waals surface area contributed by atoms with Crippen LogP contribution in [0.4, 0.5) is 0 Å². The average molecular weight is 204 g/mol. The normalized spacial score (nSPS) is 11.7. The number of carbonyl (C=O) groups excluding carboxylic acids is 1. The Labute approximate surface area is 88.9 Å². The van der Waals surface area contributed by atoms with Crippen molar-refractivity contribution < 1.29 is 4.79 Å².